The zero-order chi connectivity index (χ0) is 13.2. The largest absolute Gasteiger partial charge is 0.384 e. The second-order valence-electron chi connectivity index (χ2n) is 4.65. The van der Waals surface area contributed by atoms with Crippen molar-refractivity contribution in [3.63, 3.8) is 0 Å². The highest BCUT2D eigenvalue weighted by atomic mass is 16.1. The third-order valence-electron chi connectivity index (χ3n) is 3.28. The first-order chi connectivity index (χ1) is 9.22. The number of amides is 1. The van der Waals surface area contributed by atoms with Gasteiger partial charge in [0, 0.05) is 24.2 Å². The number of nitrogens with zero attached hydrogens (tertiary/aromatic N) is 2. The number of aromatic nitrogens is 2. The SMILES string of the molecule is Nc1ccc2c(n1)CC(C(=O)Nc1ccccn1)C2. The van der Waals surface area contributed by atoms with Crippen LogP contribution in [0.25, 0.3) is 0 Å². The molecule has 0 saturated heterocycles. The maximum absolute atomic E-state index is 12.2. The Morgan fingerprint density at radius 1 is 1.26 bits per heavy atom. The molecule has 1 amide bonds. The normalized spacial score (nSPS) is 16.9. The predicted octanol–water partition coefficient (Wildman–Crippen LogP) is 1.41. The minimum absolute atomic E-state index is 0.0183. The van der Waals surface area contributed by atoms with Crippen LogP contribution >= 0.6 is 0 Å². The van der Waals surface area contributed by atoms with Crippen molar-refractivity contribution >= 4 is 17.5 Å². The molecule has 0 fully saturated rings. The number of nitrogens with two attached hydrogens (primary N) is 1. The number of nitrogen functional groups attached to an aromatic ring is 1. The molecule has 5 heteroatoms. The third-order valence-corrected chi connectivity index (χ3v) is 3.28. The standard InChI is InChI=1S/C14H14N4O/c15-12-5-4-9-7-10(8-11(9)17-12)14(19)18-13-3-1-2-6-16-13/h1-6,10H,7-8H2,(H2,15,17)(H,16,18,19). The molecule has 2 aromatic rings. The van der Waals surface area contributed by atoms with Gasteiger partial charge in [0.1, 0.15) is 11.6 Å². The van der Waals surface area contributed by atoms with Crippen LogP contribution in [0.3, 0.4) is 0 Å². The minimum Gasteiger partial charge on any atom is -0.384 e. The van der Waals surface area contributed by atoms with Gasteiger partial charge in [-0.3, -0.25) is 4.79 Å². The van der Waals surface area contributed by atoms with Gasteiger partial charge in [-0.05, 0) is 30.2 Å². The molecule has 19 heavy (non-hydrogen) atoms. The molecule has 5 nitrogen and oxygen atoms in total. The molecule has 1 aliphatic carbocycles. The first-order valence-corrected chi connectivity index (χ1v) is 6.18. The number of hydrogen-bond acceptors (Lipinski definition) is 4. The second-order valence-corrected chi connectivity index (χ2v) is 4.65. The Bertz CT molecular complexity index is 612. The fourth-order valence-corrected chi connectivity index (χ4v) is 2.33. The quantitative estimate of drug-likeness (QED) is 0.849. The van der Waals surface area contributed by atoms with Gasteiger partial charge < -0.3 is 11.1 Å². The van der Waals surface area contributed by atoms with Crippen LogP contribution in [0.4, 0.5) is 11.6 Å². The van der Waals surface area contributed by atoms with Crippen LogP contribution < -0.4 is 11.1 Å². The van der Waals surface area contributed by atoms with Gasteiger partial charge in [0.05, 0.1) is 0 Å². The molecule has 1 aliphatic rings. The Morgan fingerprint density at radius 2 is 2.16 bits per heavy atom. The summed E-state index contributed by atoms with van der Waals surface area (Å²) in [6.07, 6.45) is 3.00. The highest BCUT2D eigenvalue weighted by molar-refractivity contribution is 5.92. The van der Waals surface area contributed by atoms with E-state index in [1.165, 1.54) is 0 Å². The van der Waals surface area contributed by atoms with E-state index in [9.17, 15) is 4.79 Å². The van der Waals surface area contributed by atoms with Crippen molar-refractivity contribution < 1.29 is 4.79 Å². The molecule has 0 saturated carbocycles. The van der Waals surface area contributed by atoms with E-state index in [4.69, 9.17) is 5.73 Å². The molecule has 2 aromatic heterocycles. The van der Waals surface area contributed by atoms with E-state index >= 15 is 0 Å². The minimum atomic E-state index is -0.0914. The number of carbonyl (C=O) groups is 1. The van der Waals surface area contributed by atoms with Gasteiger partial charge in [-0.15, -0.1) is 0 Å². The van der Waals surface area contributed by atoms with E-state index in [0.717, 1.165) is 11.3 Å². The molecule has 3 rings (SSSR count). The van der Waals surface area contributed by atoms with Crippen LogP contribution in [-0.4, -0.2) is 15.9 Å². The highest BCUT2D eigenvalue weighted by Crippen LogP contribution is 2.26. The summed E-state index contributed by atoms with van der Waals surface area (Å²) in [7, 11) is 0. The van der Waals surface area contributed by atoms with Gasteiger partial charge in [0.15, 0.2) is 0 Å². The van der Waals surface area contributed by atoms with Crippen LogP contribution in [-0.2, 0) is 17.6 Å². The molecule has 3 N–H and O–H groups in total. The lowest BCUT2D eigenvalue weighted by Gasteiger charge is -2.09. The number of carbonyl (C=O) groups excluding carboxylic acids is 1. The summed E-state index contributed by atoms with van der Waals surface area (Å²) in [5.74, 6) is 0.974. The maximum Gasteiger partial charge on any atom is 0.229 e. The third kappa shape index (κ3) is 2.40. The highest BCUT2D eigenvalue weighted by Gasteiger charge is 2.28. The van der Waals surface area contributed by atoms with E-state index < -0.39 is 0 Å². The van der Waals surface area contributed by atoms with Crippen molar-refractivity contribution in [2.45, 2.75) is 12.8 Å². The number of nitrogens with one attached hydrogen (secondary N) is 1. The van der Waals surface area contributed by atoms with Crippen molar-refractivity contribution in [1.82, 2.24) is 9.97 Å². The maximum atomic E-state index is 12.2. The zero-order valence-electron chi connectivity index (χ0n) is 10.3. The van der Waals surface area contributed by atoms with Crippen molar-refractivity contribution in [2.75, 3.05) is 11.1 Å². The summed E-state index contributed by atoms with van der Waals surface area (Å²) in [6, 6.07) is 9.15. The fraction of sp³-hybridized carbons (Fsp3) is 0.214. The Kier molecular flexibility index (Phi) is 2.87. The summed E-state index contributed by atoms with van der Waals surface area (Å²) >= 11 is 0. The average Bonchev–Trinajstić information content (AvgIpc) is 2.83. The lowest BCUT2D eigenvalue weighted by molar-refractivity contribution is -0.119. The molecule has 0 spiro atoms. The first-order valence-electron chi connectivity index (χ1n) is 6.18. The second kappa shape index (κ2) is 4.68. The topological polar surface area (TPSA) is 80.9 Å². The molecule has 0 bridgehead atoms. The Labute approximate surface area is 110 Å². The van der Waals surface area contributed by atoms with E-state index in [1.807, 2.05) is 18.2 Å². The van der Waals surface area contributed by atoms with Gasteiger partial charge in [-0.2, -0.15) is 0 Å². The lowest BCUT2D eigenvalue weighted by atomic mass is 10.1. The van der Waals surface area contributed by atoms with Crippen molar-refractivity contribution in [3.05, 3.63) is 47.8 Å². The Hall–Kier alpha value is -2.43. The number of anilines is 2. The van der Waals surface area contributed by atoms with E-state index in [-0.39, 0.29) is 11.8 Å². The molecule has 1 atom stereocenters. The molecular weight excluding hydrogens is 240 g/mol. The summed E-state index contributed by atoms with van der Waals surface area (Å²) in [5.41, 5.74) is 7.69. The van der Waals surface area contributed by atoms with E-state index in [2.05, 4.69) is 15.3 Å². The molecule has 0 aromatic carbocycles. The van der Waals surface area contributed by atoms with Crippen molar-refractivity contribution in [1.29, 1.82) is 0 Å². The predicted molar refractivity (Wildman–Crippen MR) is 72.4 cm³/mol. The van der Waals surface area contributed by atoms with Crippen LogP contribution in [0.1, 0.15) is 11.3 Å². The Morgan fingerprint density at radius 3 is 2.95 bits per heavy atom. The summed E-state index contributed by atoms with van der Waals surface area (Å²) in [4.78, 5) is 20.5. The zero-order valence-corrected chi connectivity index (χ0v) is 10.3. The van der Waals surface area contributed by atoms with Crippen LogP contribution in [0, 0.1) is 5.92 Å². The first kappa shape index (κ1) is 11.6. The molecular formula is C14H14N4O. The van der Waals surface area contributed by atoms with Gasteiger partial charge >= 0.3 is 0 Å². The van der Waals surface area contributed by atoms with Crippen molar-refractivity contribution in [2.24, 2.45) is 5.92 Å². The molecule has 0 aliphatic heterocycles. The van der Waals surface area contributed by atoms with E-state index in [1.54, 1.807) is 18.3 Å². The lowest BCUT2D eigenvalue weighted by Crippen LogP contribution is -2.23. The van der Waals surface area contributed by atoms with Gasteiger partial charge in [-0.1, -0.05) is 12.1 Å². The van der Waals surface area contributed by atoms with Gasteiger partial charge in [-0.25, -0.2) is 9.97 Å². The Balaban J connectivity index is 1.71. The monoisotopic (exact) mass is 254 g/mol. The van der Waals surface area contributed by atoms with Crippen LogP contribution in [0.15, 0.2) is 36.5 Å². The number of pyridine rings is 2. The smallest absolute Gasteiger partial charge is 0.229 e. The number of fused-ring (bicyclic) bond motifs is 1. The molecule has 0 radical (unpaired) electrons. The average molecular weight is 254 g/mol. The van der Waals surface area contributed by atoms with E-state index in [0.29, 0.717) is 24.5 Å². The number of hydrogen-bond donors (Lipinski definition) is 2. The molecule has 96 valence electrons. The van der Waals surface area contributed by atoms with Gasteiger partial charge in [0.2, 0.25) is 5.91 Å². The molecule has 2 heterocycles. The summed E-state index contributed by atoms with van der Waals surface area (Å²) in [5, 5.41) is 2.82. The summed E-state index contributed by atoms with van der Waals surface area (Å²) in [6.45, 7) is 0. The number of rotatable bonds is 2. The fourth-order valence-electron chi connectivity index (χ4n) is 2.33. The van der Waals surface area contributed by atoms with Crippen LogP contribution in [0.2, 0.25) is 0 Å². The summed E-state index contributed by atoms with van der Waals surface area (Å²) < 4.78 is 0. The molecule has 1 unspecified atom stereocenters. The van der Waals surface area contributed by atoms with Crippen LogP contribution in [0.5, 0.6) is 0 Å². The van der Waals surface area contributed by atoms with Gasteiger partial charge in [0.25, 0.3) is 0 Å². The van der Waals surface area contributed by atoms with Crippen molar-refractivity contribution in [3.8, 4) is 0 Å².